The number of alkyl halides is 3. The van der Waals surface area contributed by atoms with Crippen LogP contribution in [0.4, 0.5) is 13.2 Å². The van der Waals surface area contributed by atoms with Crippen LogP contribution in [0.5, 0.6) is 0 Å². The molecule has 1 atom stereocenters. The summed E-state index contributed by atoms with van der Waals surface area (Å²) in [6.07, 6.45) is -5.52. The average molecular weight is 272 g/mol. The highest BCUT2D eigenvalue weighted by Crippen LogP contribution is 2.51. The third-order valence-electron chi connectivity index (χ3n) is 3.35. The van der Waals surface area contributed by atoms with Crippen LogP contribution in [-0.4, -0.2) is 12.1 Å². The van der Waals surface area contributed by atoms with E-state index in [1.807, 2.05) is 0 Å². The summed E-state index contributed by atoms with van der Waals surface area (Å²) in [5.74, 6) is -0.583. The second kappa shape index (κ2) is 4.25. The molecule has 2 nitrogen and oxygen atoms in total. The molecular formula is C14H15F3O2. The quantitative estimate of drug-likeness (QED) is 0.765. The van der Waals surface area contributed by atoms with Gasteiger partial charge in [0.1, 0.15) is 5.60 Å². The van der Waals surface area contributed by atoms with Gasteiger partial charge in [-0.2, -0.15) is 13.2 Å². The summed E-state index contributed by atoms with van der Waals surface area (Å²) in [5, 5.41) is 0. The SMILES string of the molecule is CC1(C)C[C@@](CC(F)(F)F)(c2ccccc2)OC1=O. The van der Waals surface area contributed by atoms with E-state index in [1.165, 1.54) is 0 Å². The normalized spacial score (nSPS) is 26.3. The van der Waals surface area contributed by atoms with Gasteiger partial charge in [-0.05, 0) is 19.4 Å². The highest BCUT2D eigenvalue weighted by atomic mass is 19.4. The Morgan fingerprint density at radius 3 is 2.21 bits per heavy atom. The summed E-state index contributed by atoms with van der Waals surface area (Å²) >= 11 is 0. The van der Waals surface area contributed by atoms with Crippen LogP contribution in [0, 0.1) is 5.41 Å². The molecule has 0 bridgehead atoms. The third-order valence-corrected chi connectivity index (χ3v) is 3.35. The maximum Gasteiger partial charge on any atom is 0.393 e. The van der Waals surface area contributed by atoms with Crippen molar-refractivity contribution in [1.82, 2.24) is 0 Å². The Bertz CT molecular complexity index is 479. The van der Waals surface area contributed by atoms with E-state index in [0.717, 1.165) is 0 Å². The predicted molar refractivity (Wildman–Crippen MR) is 63.3 cm³/mol. The molecule has 104 valence electrons. The first-order chi connectivity index (χ1) is 8.65. The topological polar surface area (TPSA) is 26.3 Å². The Labute approximate surface area is 109 Å². The fourth-order valence-electron chi connectivity index (χ4n) is 2.57. The molecule has 0 saturated carbocycles. The summed E-state index contributed by atoms with van der Waals surface area (Å²) < 4.78 is 43.6. The molecule has 1 fully saturated rings. The van der Waals surface area contributed by atoms with Gasteiger partial charge >= 0.3 is 12.1 Å². The minimum absolute atomic E-state index is 0.0301. The van der Waals surface area contributed by atoms with Crippen LogP contribution in [0.2, 0.25) is 0 Å². The number of hydrogen-bond donors (Lipinski definition) is 0. The molecule has 0 radical (unpaired) electrons. The van der Waals surface area contributed by atoms with Crippen LogP contribution >= 0.6 is 0 Å². The van der Waals surface area contributed by atoms with Crippen molar-refractivity contribution in [2.75, 3.05) is 0 Å². The largest absolute Gasteiger partial charge is 0.453 e. The molecule has 1 aliphatic heterocycles. The van der Waals surface area contributed by atoms with E-state index in [4.69, 9.17) is 4.74 Å². The molecule has 0 unspecified atom stereocenters. The van der Waals surface area contributed by atoms with Gasteiger partial charge in [0.25, 0.3) is 0 Å². The lowest BCUT2D eigenvalue weighted by Crippen LogP contribution is -2.32. The monoisotopic (exact) mass is 272 g/mol. The van der Waals surface area contributed by atoms with Crippen LogP contribution in [0.15, 0.2) is 30.3 Å². The predicted octanol–water partition coefficient (Wildman–Crippen LogP) is 3.81. The minimum atomic E-state index is -4.39. The highest BCUT2D eigenvalue weighted by Gasteiger charge is 2.56. The van der Waals surface area contributed by atoms with Gasteiger partial charge in [-0.25, -0.2) is 0 Å². The van der Waals surface area contributed by atoms with Crippen LogP contribution in [0.1, 0.15) is 32.3 Å². The maximum atomic E-state index is 12.8. The average Bonchev–Trinajstić information content (AvgIpc) is 2.49. The summed E-state index contributed by atoms with van der Waals surface area (Å²) in [6.45, 7) is 3.22. The summed E-state index contributed by atoms with van der Waals surface area (Å²) in [6, 6.07) is 8.15. The van der Waals surface area contributed by atoms with Crippen molar-refractivity contribution in [2.24, 2.45) is 5.41 Å². The first-order valence-electron chi connectivity index (χ1n) is 6.00. The molecule has 2 rings (SSSR count). The van der Waals surface area contributed by atoms with Crippen molar-refractivity contribution < 1.29 is 22.7 Å². The van der Waals surface area contributed by atoms with E-state index in [0.29, 0.717) is 5.56 Å². The Kier molecular flexibility index (Phi) is 3.11. The second-order valence-electron chi connectivity index (χ2n) is 5.60. The molecule has 0 N–H and O–H groups in total. The van der Waals surface area contributed by atoms with Crippen molar-refractivity contribution >= 4 is 5.97 Å². The number of cyclic esters (lactones) is 1. The third kappa shape index (κ3) is 2.74. The van der Waals surface area contributed by atoms with Crippen molar-refractivity contribution in [1.29, 1.82) is 0 Å². The number of carbonyl (C=O) groups excluding carboxylic acids is 1. The van der Waals surface area contributed by atoms with Crippen molar-refractivity contribution in [3.8, 4) is 0 Å². The molecule has 19 heavy (non-hydrogen) atoms. The van der Waals surface area contributed by atoms with Crippen LogP contribution in [0.25, 0.3) is 0 Å². The van der Waals surface area contributed by atoms with Gasteiger partial charge in [-0.3, -0.25) is 4.79 Å². The highest BCUT2D eigenvalue weighted by molar-refractivity contribution is 5.79. The van der Waals surface area contributed by atoms with Crippen LogP contribution in [-0.2, 0) is 15.1 Å². The zero-order valence-corrected chi connectivity index (χ0v) is 10.8. The minimum Gasteiger partial charge on any atom is -0.453 e. The molecule has 5 heteroatoms. The summed E-state index contributed by atoms with van der Waals surface area (Å²) in [5.41, 5.74) is -2.10. The lowest BCUT2D eigenvalue weighted by molar-refractivity contribution is -0.187. The fourth-order valence-corrected chi connectivity index (χ4v) is 2.57. The summed E-state index contributed by atoms with van der Waals surface area (Å²) in [7, 11) is 0. The van der Waals surface area contributed by atoms with Gasteiger partial charge in [-0.1, -0.05) is 30.3 Å². The number of ether oxygens (including phenoxy) is 1. The van der Waals surface area contributed by atoms with E-state index in [9.17, 15) is 18.0 Å². The zero-order valence-electron chi connectivity index (χ0n) is 10.8. The number of halogens is 3. The molecule has 1 heterocycles. The van der Waals surface area contributed by atoms with Crippen LogP contribution < -0.4 is 0 Å². The van der Waals surface area contributed by atoms with Gasteiger partial charge in [0, 0.05) is 6.42 Å². The van der Waals surface area contributed by atoms with Gasteiger partial charge in [0.15, 0.2) is 0 Å². The maximum absolute atomic E-state index is 12.8. The summed E-state index contributed by atoms with van der Waals surface area (Å²) in [4.78, 5) is 11.8. The van der Waals surface area contributed by atoms with Gasteiger partial charge < -0.3 is 4.74 Å². The standard InChI is InChI=1S/C14H15F3O2/c1-12(2)8-13(19-11(12)18,9-14(15,16)17)10-6-4-3-5-7-10/h3-7H,8-9H2,1-2H3/t13-/m1/s1. The molecule has 0 amide bonds. The van der Waals surface area contributed by atoms with E-state index >= 15 is 0 Å². The van der Waals surface area contributed by atoms with Gasteiger partial charge in [0.05, 0.1) is 11.8 Å². The number of esters is 1. The van der Waals surface area contributed by atoms with E-state index in [1.54, 1.807) is 44.2 Å². The second-order valence-corrected chi connectivity index (χ2v) is 5.60. The zero-order chi connectivity index (χ0) is 14.3. The lowest BCUT2D eigenvalue weighted by Gasteiger charge is -2.29. The Morgan fingerprint density at radius 2 is 1.79 bits per heavy atom. The molecule has 1 aromatic rings. The molecule has 1 saturated heterocycles. The van der Waals surface area contributed by atoms with Crippen molar-refractivity contribution in [2.45, 2.75) is 38.5 Å². The molecular weight excluding hydrogens is 257 g/mol. The molecule has 0 spiro atoms. The van der Waals surface area contributed by atoms with E-state index in [2.05, 4.69) is 0 Å². The number of carbonyl (C=O) groups is 1. The van der Waals surface area contributed by atoms with Crippen molar-refractivity contribution in [3.05, 3.63) is 35.9 Å². The Morgan fingerprint density at radius 1 is 1.21 bits per heavy atom. The number of hydrogen-bond acceptors (Lipinski definition) is 2. The molecule has 0 aromatic heterocycles. The Balaban J connectivity index is 2.45. The number of rotatable bonds is 2. The van der Waals surface area contributed by atoms with E-state index < -0.39 is 29.6 Å². The van der Waals surface area contributed by atoms with E-state index in [-0.39, 0.29) is 6.42 Å². The van der Waals surface area contributed by atoms with Gasteiger partial charge in [-0.15, -0.1) is 0 Å². The first-order valence-corrected chi connectivity index (χ1v) is 6.00. The first kappa shape index (κ1) is 13.9. The van der Waals surface area contributed by atoms with Gasteiger partial charge in [0.2, 0.25) is 0 Å². The molecule has 0 aliphatic carbocycles. The number of benzene rings is 1. The lowest BCUT2D eigenvalue weighted by atomic mass is 9.78. The fraction of sp³-hybridized carbons (Fsp3) is 0.500. The smallest absolute Gasteiger partial charge is 0.393 e. The van der Waals surface area contributed by atoms with Crippen LogP contribution in [0.3, 0.4) is 0 Å². The Hall–Kier alpha value is -1.52. The molecule has 1 aromatic carbocycles. The molecule has 1 aliphatic rings. The van der Waals surface area contributed by atoms with Crippen molar-refractivity contribution in [3.63, 3.8) is 0 Å².